The van der Waals surface area contributed by atoms with Crippen LogP contribution in [0.2, 0.25) is 0 Å². The van der Waals surface area contributed by atoms with Crippen LogP contribution in [0.3, 0.4) is 0 Å². The first-order chi connectivity index (χ1) is 11.4. The van der Waals surface area contributed by atoms with Crippen LogP contribution in [0.5, 0.6) is 0 Å². The Morgan fingerprint density at radius 3 is 2.50 bits per heavy atom. The molecule has 1 heterocycles. The zero-order valence-corrected chi connectivity index (χ0v) is 12.4. The lowest BCUT2D eigenvalue weighted by molar-refractivity contribution is 0.101. The number of nitrogens with zero attached hydrogens (tertiary/aromatic N) is 1. The molecule has 0 amide bonds. The van der Waals surface area contributed by atoms with Crippen molar-refractivity contribution in [1.82, 2.24) is 4.98 Å². The molecule has 1 aromatic heterocycles. The largest absolute Gasteiger partial charge is 0.423 e. The summed E-state index contributed by atoms with van der Waals surface area (Å²) < 4.78 is 45.5. The zero-order valence-electron chi connectivity index (χ0n) is 12.4. The van der Waals surface area contributed by atoms with Crippen molar-refractivity contribution in [3.05, 3.63) is 65.6 Å². The molecule has 2 aromatic carbocycles. The summed E-state index contributed by atoms with van der Waals surface area (Å²) in [6, 6.07) is 7.59. The van der Waals surface area contributed by atoms with Gasteiger partial charge in [0.05, 0.1) is 6.20 Å². The van der Waals surface area contributed by atoms with Gasteiger partial charge in [0.15, 0.2) is 23.2 Å². The predicted octanol–water partition coefficient (Wildman–Crippen LogP) is 4.71. The highest BCUT2D eigenvalue weighted by Crippen LogP contribution is 2.28. The van der Waals surface area contributed by atoms with E-state index in [4.69, 9.17) is 4.42 Å². The maximum Gasteiger partial charge on any atom is 0.299 e. The molecule has 0 aliphatic carbocycles. The quantitative estimate of drug-likeness (QED) is 0.703. The van der Waals surface area contributed by atoms with Crippen LogP contribution in [0.25, 0.3) is 11.3 Å². The Morgan fingerprint density at radius 2 is 1.83 bits per heavy atom. The van der Waals surface area contributed by atoms with Crippen LogP contribution in [0.1, 0.15) is 17.3 Å². The Kier molecular flexibility index (Phi) is 4.07. The number of oxazole rings is 1. The van der Waals surface area contributed by atoms with Gasteiger partial charge in [-0.1, -0.05) is 18.2 Å². The lowest BCUT2D eigenvalue weighted by atomic mass is 10.1. The van der Waals surface area contributed by atoms with Crippen LogP contribution in [0, 0.1) is 17.5 Å². The van der Waals surface area contributed by atoms with Crippen LogP contribution >= 0.6 is 0 Å². The van der Waals surface area contributed by atoms with Crippen molar-refractivity contribution in [2.45, 2.75) is 6.92 Å². The summed E-state index contributed by atoms with van der Waals surface area (Å²) in [6.07, 6.45) is 1.35. The van der Waals surface area contributed by atoms with Gasteiger partial charge in [-0.3, -0.25) is 4.79 Å². The minimum Gasteiger partial charge on any atom is -0.423 e. The van der Waals surface area contributed by atoms with E-state index in [1.165, 1.54) is 13.1 Å². The lowest BCUT2D eigenvalue weighted by Gasteiger charge is -2.05. The maximum absolute atomic E-state index is 13.6. The number of carbonyl (C=O) groups is 1. The molecule has 0 aliphatic heterocycles. The fourth-order valence-corrected chi connectivity index (χ4v) is 2.13. The highest BCUT2D eigenvalue weighted by atomic mass is 19.1. The van der Waals surface area contributed by atoms with E-state index in [0.717, 1.165) is 0 Å². The van der Waals surface area contributed by atoms with Crippen molar-refractivity contribution >= 4 is 17.5 Å². The third-order valence-corrected chi connectivity index (χ3v) is 3.30. The molecular formula is C17H11F3N2O2. The number of Topliss-reactive ketones (excluding diaryl/α,β-unsaturated/α-hetero) is 1. The highest BCUT2D eigenvalue weighted by Gasteiger charge is 2.15. The van der Waals surface area contributed by atoms with Gasteiger partial charge in [0.2, 0.25) is 0 Å². The van der Waals surface area contributed by atoms with E-state index < -0.39 is 23.1 Å². The molecular weight excluding hydrogens is 321 g/mol. The summed E-state index contributed by atoms with van der Waals surface area (Å²) >= 11 is 0. The number of benzene rings is 2. The Labute approximate surface area is 134 Å². The van der Waals surface area contributed by atoms with Gasteiger partial charge in [0, 0.05) is 23.3 Å². The van der Waals surface area contributed by atoms with Gasteiger partial charge in [-0.05, 0) is 13.0 Å². The number of rotatable bonds is 4. The number of halogens is 3. The summed E-state index contributed by atoms with van der Waals surface area (Å²) in [6.45, 7) is 1.44. The number of hydrogen-bond acceptors (Lipinski definition) is 4. The lowest BCUT2D eigenvalue weighted by Crippen LogP contribution is -1.98. The van der Waals surface area contributed by atoms with Crippen LogP contribution in [-0.2, 0) is 0 Å². The van der Waals surface area contributed by atoms with Crippen LogP contribution in [-0.4, -0.2) is 10.8 Å². The third kappa shape index (κ3) is 3.15. The van der Waals surface area contributed by atoms with Crippen molar-refractivity contribution in [3.63, 3.8) is 0 Å². The first kappa shape index (κ1) is 15.8. The molecule has 3 aromatic rings. The normalized spacial score (nSPS) is 10.7. The van der Waals surface area contributed by atoms with E-state index in [1.807, 2.05) is 0 Å². The predicted molar refractivity (Wildman–Crippen MR) is 81.5 cm³/mol. The number of hydrogen-bond donors (Lipinski definition) is 1. The molecule has 4 nitrogen and oxygen atoms in total. The molecule has 24 heavy (non-hydrogen) atoms. The number of anilines is 2. The highest BCUT2D eigenvalue weighted by molar-refractivity contribution is 5.95. The van der Waals surface area contributed by atoms with Gasteiger partial charge in [0.1, 0.15) is 11.5 Å². The summed E-state index contributed by atoms with van der Waals surface area (Å²) in [5.74, 6) is -3.03. The van der Waals surface area contributed by atoms with E-state index >= 15 is 0 Å². The van der Waals surface area contributed by atoms with E-state index in [-0.39, 0.29) is 11.8 Å². The molecule has 0 spiro atoms. The van der Waals surface area contributed by atoms with Gasteiger partial charge in [-0.15, -0.1) is 0 Å². The molecule has 122 valence electrons. The van der Waals surface area contributed by atoms with Crippen molar-refractivity contribution in [3.8, 4) is 11.3 Å². The van der Waals surface area contributed by atoms with Crippen molar-refractivity contribution in [2.75, 3.05) is 5.32 Å². The first-order valence-corrected chi connectivity index (χ1v) is 6.93. The van der Waals surface area contributed by atoms with Crippen LogP contribution < -0.4 is 5.32 Å². The Hall–Kier alpha value is -3.09. The molecule has 0 atom stereocenters. The summed E-state index contributed by atoms with van der Waals surface area (Å²) in [5, 5.41) is 2.33. The summed E-state index contributed by atoms with van der Waals surface area (Å²) in [4.78, 5) is 15.3. The van der Waals surface area contributed by atoms with E-state index in [0.29, 0.717) is 29.0 Å². The SMILES string of the molecule is CC(=O)c1cccc(-c2cnc(Nc3c(F)cc(F)cc3F)o2)c1. The van der Waals surface area contributed by atoms with E-state index in [9.17, 15) is 18.0 Å². The molecule has 0 aliphatic rings. The van der Waals surface area contributed by atoms with E-state index in [2.05, 4.69) is 10.3 Å². The maximum atomic E-state index is 13.6. The van der Waals surface area contributed by atoms with Gasteiger partial charge in [-0.25, -0.2) is 18.2 Å². The van der Waals surface area contributed by atoms with Crippen LogP contribution in [0.15, 0.2) is 47.0 Å². The smallest absolute Gasteiger partial charge is 0.299 e. The molecule has 0 saturated carbocycles. The Balaban J connectivity index is 1.89. The van der Waals surface area contributed by atoms with Gasteiger partial charge >= 0.3 is 0 Å². The molecule has 0 bridgehead atoms. The fourth-order valence-electron chi connectivity index (χ4n) is 2.13. The molecule has 1 N–H and O–H groups in total. The standard InChI is InChI=1S/C17H11F3N2O2/c1-9(23)10-3-2-4-11(5-10)15-8-21-17(24-15)22-16-13(19)6-12(18)7-14(16)20/h2-8H,1H3,(H,21,22). The second-order valence-corrected chi connectivity index (χ2v) is 5.04. The number of ketones is 1. The average Bonchev–Trinajstić information content (AvgIpc) is 2.99. The number of carbonyl (C=O) groups excluding carboxylic acids is 1. The molecule has 7 heteroatoms. The van der Waals surface area contributed by atoms with Gasteiger partial charge in [-0.2, -0.15) is 0 Å². The van der Waals surface area contributed by atoms with Crippen molar-refractivity contribution < 1.29 is 22.4 Å². The minimum atomic E-state index is -1.11. The first-order valence-electron chi connectivity index (χ1n) is 6.93. The Bertz CT molecular complexity index is 899. The molecule has 0 radical (unpaired) electrons. The van der Waals surface area contributed by atoms with Gasteiger partial charge < -0.3 is 9.73 Å². The monoisotopic (exact) mass is 332 g/mol. The average molecular weight is 332 g/mol. The van der Waals surface area contributed by atoms with Crippen molar-refractivity contribution in [2.24, 2.45) is 0 Å². The molecule has 0 fully saturated rings. The summed E-state index contributed by atoms with van der Waals surface area (Å²) in [5.41, 5.74) is 0.514. The fraction of sp³-hybridized carbons (Fsp3) is 0.0588. The molecule has 0 saturated heterocycles. The Morgan fingerprint density at radius 1 is 1.12 bits per heavy atom. The number of aromatic nitrogens is 1. The van der Waals surface area contributed by atoms with Crippen molar-refractivity contribution in [1.29, 1.82) is 0 Å². The topological polar surface area (TPSA) is 55.1 Å². The second kappa shape index (κ2) is 6.19. The molecule has 3 rings (SSSR count). The minimum absolute atomic E-state index is 0.106. The number of nitrogens with one attached hydrogen (secondary N) is 1. The van der Waals surface area contributed by atoms with Crippen LogP contribution in [0.4, 0.5) is 24.9 Å². The van der Waals surface area contributed by atoms with Gasteiger partial charge in [0.25, 0.3) is 6.01 Å². The second-order valence-electron chi connectivity index (χ2n) is 5.04. The summed E-state index contributed by atoms with van der Waals surface area (Å²) in [7, 11) is 0. The third-order valence-electron chi connectivity index (χ3n) is 3.30. The zero-order chi connectivity index (χ0) is 17.3. The molecule has 0 unspecified atom stereocenters. The van der Waals surface area contributed by atoms with E-state index in [1.54, 1.807) is 24.3 Å².